The van der Waals surface area contributed by atoms with Crippen molar-refractivity contribution in [1.29, 1.82) is 0 Å². The Balaban J connectivity index is 2.67. The first-order valence-electron chi connectivity index (χ1n) is 5.68. The van der Waals surface area contributed by atoms with Crippen LogP contribution in [-0.4, -0.2) is 35.1 Å². The van der Waals surface area contributed by atoms with Gasteiger partial charge in [-0.25, -0.2) is 4.79 Å². The standard InChI is InChI=1S/C12H20N2O3S/c1-8-9(13-18-10(8)16-6)7-14(5)11(15)17-12(2,3)4/h7H2,1-6H3. The Hall–Kier alpha value is -1.30. The lowest BCUT2D eigenvalue weighted by molar-refractivity contribution is 0.0283. The second kappa shape index (κ2) is 5.56. The smallest absolute Gasteiger partial charge is 0.410 e. The summed E-state index contributed by atoms with van der Waals surface area (Å²) in [7, 11) is 3.31. The molecule has 18 heavy (non-hydrogen) atoms. The molecule has 0 aliphatic carbocycles. The molecule has 1 heterocycles. The van der Waals surface area contributed by atoms with Crippen molar-refractivity contribution in [2.24, 2.45) is 0 Å². The molecule has 5 nitrogen and oxygen atoms in total. The van der Waals surface area contributed by atoms with Crippen molar-refractivity contribution in [3.8, 4) is 5.06 Å². The van der Waals surface area contributed by atoms with E-state index in [9.17, 15) is 4.79 Å². The van der Waals surface area contributed by atoms with Crippen molar-refractivity contribution < 1.29 is 14.3 Å². The molecule has 0 aromatic carbocycles. The van der Waals surface area contributed by atoms with Gasteiger partial charge in [0.1, 0.15) is 5.60 Å². The normalized spacial score (nSPS) is 11.2. The highest BCUT2D eigenvalue weighted by molar-refractivity contribution is 7.08. The van der Waals surface area contributed by atoms with E-state index in [0.717, 1.165) is 16.3 Å². The number of hydrogen-bond donors (Lipinski definition) is 0. The summed E-state index contributed by atoms with van der Waals surface area (Å²) in [6, 6.07) is 0. The van der Waals surface area contributed by atoms with Crippen LogP contribution in [0.1, 0.15) is 32.0 Å². The number of ether oxygens (including phenoxy) is 2. The molecule has 1 aromatic heterocycles. The van der Waals surface area contributed by atoms with Gasteiger partial charge >= 0.3 is 6.09 Å². The summed E-state index contributed by atoms with van der Waals surface area (Å²) in [5, 5.41) is 0.780. The zero-order chi connectivity index (χ0) is 13.9. The lowest BCUT2D eigenvalue weighted by Crippen LogP contribution is -2.34. The summed E-state index contributed by atoms with van der Waals surface area (Å²) in [6.45, 7) is 7.88. The zero-order valence-corrected chi connectivity index (χ0v) is 12.6. The molecular formula is C12H20N2O3S. The van der Waals surface area contributed by atoms with Gasteiger partial charge in [0, 0.05) is 24.1 Å². The van der Waals surface area contributed by atoms with Gasteiger partial charge in [0.15, 0.2) is 5.06 Å². The Labute approximate surface area is 112 Å². The van der Waals surface area contributed by atoms with Crippen molar-refractivity contribution >= 4 is 17.6 Å². The minimum Gasteiger partial charge on any atom is -0.486 e. The maximum atomic E-state index is 11.8. The Kier molecular flexibility index (Phi) is 4.56. The van der Waals surface area contributed by atoms with E-state index in [0.29, 0.717) is 6.54 Å². The van der Waals surface area contributed by atoms with E-state index >= 15 is 0 Å². The minimum atomic E-state index is -0.486. The van der Waals surface area contributed by atoms with Gasteiger partial charge in [-0.05, 0) is 27.7 Å². The highest BCUT2D eigenvalue weighted by atomic mass is 32.1. The number of methoxy groups -OCH3 is 1. The number of carbonyl (C=O) groups is 1. The monoisotopic (exact) mass is 272 g/mol. The number of nitrogens with zero attached hydrogens (tertiary/aromatic N) is 2. The Morgan fingerprint density at radius 1 is 1.44 bits per heavy atom. The summed E-state index contributed by atoms with van der Waals surface area (Å²) in [6.07, 6.45) is -0.353. The van der Waals surface area contributed by atoms with E-state index in [1.807, 2.05) is 27.7 Å². The minimum absolute atomic E-state index is 0.353. The van der Waals surface area contributed by atoms with Crippen LogP contribution >= 0.6 is 11.5 Å². The van der Waals surface area contributed by atoms with Crippen molar-refractivity contribution in [2.75, 3.05) is 14.2 Å². The lowest BCUT2D eigenvalue weighted by atomic mass is 10.2. The summed E-state index contributed by atoms with van der Waals surface area (Å²) < 4.78 is 14.7. The molecule has 0 aliphatic heterocycles. The first-order valence-corrected chi connectivity index (χ1v) is 6.45. The molecule has 0 atom stereocenters. The van der Waals surface area contributed by atoms with Crippen LogP contribution in [0, 0.1) is 6.92 Å². The SMILES string of the molecule is COc1snc(CN(C)C(=O)OC(C)(C)C)c1C. The van der Waals surface area contributed by atoms with E-state index in [-0.39, 0.29) is 6.09 Å². The van der Waals surface area contributed by atoms with Gasteiger partial charge in [0.25, 0.3) is 0 Å². The molecule has 1 rings (SSSR count). The van der Waals surface area contributed by atoms with Gasteiger partial charge in [-0.1, -0.05) is 0 Å². The Morgan fingerprint density at radius 2 is 2.06 bits per heavy atom. The molecule has 0 unspecified atom stereocenters. The van der Waals surface area contributed by atoms with E-state index in [1.165, 1.54) is 16.4 Å². The second-order valence-corrected chi connectivity index (χ2v) is 5.82. The highest BCUT2D eigenvalue weighted by Crippen LogP contribution is 2.26. The number of hydrogen-bond acceptors (Lipinski definition) is 5. The molecule has 0 saturated carbocycles. The van der Waals surface area contributed by atoms with Crippen LogP contribution in [0.5, 0.6) is 5.06 Å². The third-order valence-corrected chi connectivity index (χ3v) is 3.21. The topological polar surface area (TPSA) is 51.7 Å². The Morgan fingerprint density at radius 3 is 2.50 bits per heavy atom. The molecule has 0 fully saturated rings. The molecule has 6 heteroatoms. The third kappa shape index (κ3) is 3.87. The lowest BCUT2D eigenvalue weighted by Gasteiger charge is -2.24. The molecule has 102 valence electrons. The molecule has 0 radical (unpaired) electrons. The molecular weight excluding hydrogens is 252 g/mol. The van der Waals surface area contributed by atoms with Crippen LogP contribution in [0.2, 0.25) is 0 Å². The molecule has 0 bridgehead atoms. The average molecular weight is 272 g/mol. The van der Waals surface area contributed by atoms with Gasteiger partial charge in [-0.15, -0.1) is 0 Å². The maximum Gasteiger partial charge on any atom is 0.410 e. The van der Waals surface area contributed by atoms with E-state index in [1.54, 1.807) is 14.2 Å². The number of amides is 1. The summed E-state index contributed by atoms with van der Waals surface area (Å²) in [5.41, 5.74) is 1.32. The fourth-order valence-corrected chi connectivity index (χ4v) is 2.04. The molecule has 0 N–H and O–H groups in total. The van der Waals surface area contributed by atoms with Crippen molar-refractivity contribution in [3.63, 3.8) is 0 Å². The first-order chi connectivity index (χ1) is 8.24. The first kappa shape index (κ1) is 14.8. The predicted octanol–water partition coefficient (Wildman–Crippen LogP) is 2.83. The average Bonchev–Trinajstić information content (AvgIpc) is 2.57. The third-order valence-electron chi connectivity index (χ3n) is 2.26. The molecule has 0 saturated heterocycles. The van der Waals surface area contributed by atoms with Crippen molar-refractivity contribution in [1.82, 2.24) is 9.27 Å². The van der Waals surface area contributed by atoms with Crippen LogP contribution in [0.15, 0.2) is 0 Å². The predicted molar refractivity (Wildman–Crippen MR) is 71.1 cm³/mol. The van der Waals surface area contributed by atoms with E-state index in [2.05, 4.69) is 4.37 Å². The molecule has 0 spiro atoms. The molecule has 1 amide bonds. The van der Waals surface area contributed by atoms with Gasteiger partial charge < -0.3 is 14.4 Å². The summed E-state index contributed by atoms with van der Waals surface area (Å²) in [4.78, 5) is 13.3. The van der Waals surface area contributed by atoms with Gasteiger partial charge in [-0.2, -0.15) is 4.37 Å². The van der Waals surface area contributed by atoms with Crippen LogP contribution in [0.3, 0.4) is 0 Å². The fourth-order valence-electron chi connectivity index (χ4n) is 1.32. The second-order valence-electron chi connectivity index (χ2n) is 5.08. The van der Waals surface area contributed by atoms with Gasteiger partial charge in [0.2, 0.25) is 0 Å². The van der Waals surface area contributed by atoms with Crippen LogP contribution in [0.4, 0.5) is 4.79 Å². The molecule has 1 aromatic rings. The van der Waals surface area contributed by atoms with Crippen molar-refractivity contribution in [3.05, 3.63) is 11.3 Å². The quantitative estimate of drug-likeness (QED) is 0.849. The van der Waals surface area contributed by atoms with Gasteiger partial charge in [-0.3, -0.25) is 0 Å². The number of carbonyl (C=O) groups excluding carboxylic acids is 1. The Bertz CT molecular complexity index is 423. The van der Waals surface area contributed by atoms with Crippen LogP contribution in [-0.2, 0) is 11.3 Å². The maximum absolute atomic E-state index is 11.8. The van der Waals surface area contributed by atoms with Crippen LogP contribution < -0.4 is 4.74 Å². The number of rotatable bonds is 3. The fraction of sp³-hybridized carbons (Fsp3) is 0.667. The zero-order valence-electron chi connectivity index (χ0n) is 11.7. The van der Waals surface area contributed by atoms with Gasteiger partial charge in [0.05, 0.1) is 19.3 Å². The largest absolute Gasteiger partial charge is 0.486 e. The highest BCUT2D eigenvalue weighted by Gasteiger charge is 2.21. The van der Waals surface area contributed by atoms with Crippen LogP contribution in [0.25, 0.3) is 0 Å². The summed E-state index contributed by atoms with van der Waals surface area (Å²) in [5.74, 6) is 0. The molecule has 0 aliphatic rings. The summed E-state index contributed by atoms with van der Waals surface area (Å²) >= 11 is 1.29. The van der Waals surface area contributed by atoms with E-state index < -0.39 is 5.60 Å². The number of aromatic nitrogens is 1. The van der Waals surface area contributed by atoms with E-state index in [4.69, 9.17) is 9.47 Å². The van der Waals surface area contributed by atoms with Crippen molar-refractivity contribution in [2.45, 2.75) is 39.8 Å².